The van der Waals surface area contributed by atoms with Gasteiger partial charge in [0.2, 0.25) is 0 Å². The van der Waals surface area contributed by atoms with Crippen molar-refractivity contribution < 1.29 is 23.9 Å². The number of ether oxygens (including phenoxy) is 1. The van der Waals surface area contributed by atoms with Crippen LogP contribution in [0.3, 0.4) is 0 Å². The Morgan fingerprint density at radius 3 is 2.07 bits per heavy atom. The van der Waals surface area contributed by atoms with Crippen LogP contribution >= 0.6 is 0 Å². The zero-order valence-electron chi connectivity index (χ0n) is 17.8. The first-order chi connectivity index (χ1) is 12.9. The lowest BCUT2D eigenvalue weighted by Crippen LogP contribution is -2.49. The van der Waals surface area contributed by atoms with Gasteiger partial charge in [0, 0.05) is 25.9 Å². The SMILES string of the molecule is CC(C)(O)C(=O)N1CCC(Oc2ccc(B3OC(C)(C)C(C)(C)O3)cc2)CC1. The number of aliphatic hydroxyl groups is 1. The van der Waals surface area contributed by atoms with Gasteiger partial charge in [-0.2, -0.15) is 0 Å². The van der Waals surface area contributed by atoms with Crippen LogP contribution in [-0.4, -0.2) is 59.0 Å². The normalized spacial score (nSPS) is 22.4. The van der Waals surface area contributed by atoms with Crippen molar-refractivity contribution in [2.45, 2.75) is 77.3 Å². The fourth-order valence-corrected chi connectivity index (χ4v) is 3.44. The molecule has 2 heterocycles. The van der Waals surface area contributed by atoms with E-state index < -0.39 is 5.60 Å². The maximum atomic E-state index is 12.2. The van der Waals surface area contributed by atoms with Crippen LogP contribution in [0, 0.1) is 0 Å². The van der Waals surface area contributed by atoms with E-state index in [9.17, 15) is 9.90 Å². The fraction of sp³-hybridized carbons (Fsp3) is 0.667. The molecular weight excluding hydrogens is 357 g/mol. The molecule has 154 valence electrons. The van der Waals surface area contributed by atoms with Gasteiger partial charge in [-0.25, -0.2) is 0 Å². The molecule has 2 saturated heterocycles. The maximum Gasteiger partial charge on any atom is 0.494 e. The molecule has 0 radical (unpaired) electrons. The summed E-state index contributed by atoms with van der Waals surface area (Å²) < 4.78 is 18.2. The highest BCUT2D eigenvalue weighted by Gasteiger charge is 2.51. The lowest BCUT2D eigenvalue weighted by Gasteiger charge is -2.35. The summed E-state index contributed by atoms with van der Waals surface area (Å²) in [6, 6.07) is 7.83. The smallest absolute Gasteiger partial charge is 0.490 e. The average Bonchev–Trinajstić information content (AvgIpc) is 2.82. The van der Waals surface area contributed by atoms with Crippen LogP contribution < -0.4 is 10.2 Å². The third kappa shape index (κ3) is 4.37. The van der Waals surface area contributed by atoms with E-state index >= 15 is 0 Å². The second kappa shape index (κ2) is 7.36. The van der Waals surface area contributed by atoms with E-state index in [4.69, 9.17) is 14.0 Å². The van der Waals surface area contributed by atoms with Gasteiger partial charge < -0.3 is 24.1 Å². The first-order valence-corrected chi connectivity index (χ1v) is 10.0. The second-order valence-electron chi connectivity index (χ2n) is 9.33. The zero-order chi connectivity index (χ0) is 20.7. The Labute approximate surface area is 168 Å². The van der Waals surface area contributed by atoms with Crippen molar-refractivity contribution in [2.75, 3.05) is 13.1 Å². The molecule has 7 heteroatoms. The van der Waals surface area contributed by atoms with Crippen LogP contribution in [0.4, 0.5) is 0 Å². The molecule has 1 aromatic rings. The number of benzene rings is 1. The Bertz CT molecular complexity index is 687. The Kier molecular flexibility index (Phi) is 5.56. The second-order valence-corrected chi connectivity index (χ2v) is 9.33. The molecule has 0 saturated carbocycles. The van der Waals surface area contributed by atoms with E-state index in [-0.39, 0.29) is 30.3 Å². The Hall–Kier alpha value is -1.57. The van der Waals surface area contributed by atoms with Gasteiger partial charge in [0.25, 0.3) is 5.91 Å². The third-order valence-corrected chi connectivity index (χ3v) is 5.96. The van der Waals surface area contributed by atoms with Crippen molar-refractivity contribution in [3.8, 4) is 5.75 Å². The molecule has 3 rings (SSSR count). The van der Waals surface area contributed by atoms with Crippen molar-refractivity contribution in [1.82, 2.24) is 4.90 Å². The first kappa shape index (κ1) is 21.2. The Morgan fingerprint density at radius 1 is 1.11 bits per heavy atom. The molecular formula is C21H32BNO5. The summed E-state index contributed by atoms with van der Waals surface area (Å²) >= 11 is 0. The molecule has 6 nitrogen and oxygen atoms in total. The molecule has 2 aliphatic rings. The predicted octanol–water partition coefficient (Wildman–Crippen LogP) is 2.13. The number of carbonyl (C=O) groups is 1. The number of nitrogens with zero attached hydrogens (tertiary/aromatic N) is 1. The third-order valence-electron chi connectivity index (χ3n) is 5.96. The number of rotatable bonds is 4. The van der Waals surface area contributed by atoms with E-state index in [1.54, 1.807) is 4.90 Å². The quantitative estimate of drug-likeness (QED) is 0.800. The summed E-state index contributed by atoms with van der Waals surface area (Å²) in [6.07, 6.45) is 1.57. The van der Waals surface area contributed by atoms with Gasteiger partial charge in [0.1, 0.15) is 17.5 Å². The van der Waals surface area contributed by atoms with E-state index in [0.717, 1.165) is 24.1 Å². The standard InChI is InChI=1S/C21H32BNO5/c1-19(2,25)18(24)23-13-11-17(12-14-23)26-16-9-7-15(8-10-16)22-27-20(3,4)21(5,6)28-22/h7-10,17,25H,11-14H2,1-6H3. The topological polar surface area (TPSA) is 68.2 Å². The molecule has 28 heavy (non-hydrogen) atoms. The van der Waals surface area contributed by atoms with Gasteiger partial charge in [0.15, 0.2) is 0 Å². The summed E-state index contributed by atoms with van der Waals surface area (Å²) in [4.78, 5) is 13.9. The van der Waals surface area contributed by atoms with Gasteiger partial charge in [0.05, 0.1) is 11.2 Å². The molecule has 0 atom stereocenters. The number of piperidine rings is 1. The summed E-state index contributed by atoms with van der Waals surface area (Å²) in [5.74, 6) is 0.574. The minimum absolute atomic E-state index is 0.0635. The van der Waals surface area contributed by atoms with E-state index in [1.807, 2.05) is 52.0 Å². The molecule has 2 aliphatic heterocycles. The van der Waals surface area contributed by atoms with Gasteiger partial charge >= 0.3 is 7.12 Å². The number of hydrogen-bond donors (Lipinski definition) is 1. The zero-order valence-corrected chi connectivity index (χ0v) is 17.8. The Balaban J connectivity index is 1.54. The van der Waals surface area contributed by atoms with Gasteiger partial charge in [-0.15, -0.1) is 0 Å². The van der Waals surface area contributed by atoms with Crippen molar-refractivity contribution in [2.24, 2.45) is 0 Å². The van der Waals surface area contributed by atoms with Crippen molar-refractivity contribution in [1.29, 1.82) is 0 Å². The maximum absolute atomic E-state index is 12.2. The highest BCUT2D eigenvalue weighted by molar-refractivity contribution is 6.62. The number of hydrogen-bond acceptors (Lipinski definition) is 5. The molecule has 1 aromatic carbocycles. The van der Waals surface area contributed by atoms with E-state index in [2.05, 4.69) is 0 Å². The molecule has 2 fully saturated rings. The monoisotopic (exact) mass is 389 g/mol. The van der Waals surface area contributed by atoms with E-state index in [1.165, 1.54) is 13.8 Å². The first-order valence-electron chi connectivity index (χ1n) is 10.0. The largest absolute Gasteiger partial charge is 0.494 e. The molecule has 0 aromatic heterocycles. The van der Waals surface area contributed by atoms with E-state index in [0.29, 0.717) is 13.1 Å². The van der Waals surface area contributed by atoms with Crippen LogP contribution in [-0.2, 0) is 14.1 Å². The van der Waals surface area contributed by atoms with Crippen molar-refractivity contribution >= 4 is 18.5 Å². The van der Waals surface area contributed by atoms with Gasteiger partial charge in [-0.1, -0.05) is 12.1 Å². The van der Waals surface area contributed by atoms with Gasteiger partial charge in [-0.3, -0.25) is 4.79 Å². The summed E-state index contributed by atoms with van der Waals surface area (Å²) in [5.41, 5.74) is -1.07. The lowest BCUT2D eigenvalue weighted by atomic mass is 9.79. The van der Waals surface area contributed by atoms with Crippen LogP contribution in [0.5, 0.6) is 5.75 Å². The molecule has 0 unspecified atom stereocenters. The highest BCUT2D eigenvalue weighted by Crippen LogP contribution is 2.36. The van der Waals surface area contributed by atoms with Crippen LogP contribution in [0.15, 0.2) is 24.3 Å². The molecule has 0 bridgehead atoms. The lowest BCUT2D eigenvalue weighted by molar-refractivity contribution is -0.149. The number of likely N-dealkylation sites (tertiary alicyclic amines) is 1. The minimum Gasteiger partial charge on any atom is -0.490 e. The highest BCUT2D eigenvalue weighted by atomic mass is 16.7. The fourth-order valence-electron chi connectivity index (χ4n) is 3.44. The summed E-state index contributed by atoms with van der Waals surface area (Å²) in [5, 5.41) is 9.88. The van der Waals surface area contributed by atoms with Crippen LogP contribution in [0.1, 0.15) is 54.4 Å². The molecule has 1 N–H and O–H groups in total. The molecule has 1 amide bonds. The molecule has 0 spiro atoms. The summed E-state index contributed by atoms with van der Waals surface area (Å²) in [6.45, 7) is 12.4. The van der Waals surface area contributed by atoms with Crippen LogP contribution in [0.2, 0.25) is 0 Å². The van der Waals surface area contributed by atoms with Crippen LogP contribution in [0.25, 0.3) is 0 Å². The average molecular weight is 389 g/mol. The number of carbonyl (C=O) groups excluding carboxylic acids is 1. The summed E-state index contributed by atoms with van der Waals surface area (Å²) in [7, 11) is -0.380. The van der Waals surface area contributed by atoms with Gasteiger partial charge in [-0.05, 0) is 59.1 Å². The van der Waals surface area contributed by atoms with Crippen molar-refractivity contribution in [3.05, 3.63) is 24.3 Å². The van der Waals surface area contributed by atoms with Crippen molar-refractivity contribution in [3.63, 3.8) is 0 Å². The minimum atomic E-state index is -1.32. The predicted molar refractivity (Wildman–Crippen MR) is 109 cm³/mol. The Morgan fingerprint density at radius 2 is 1.61 bits per heavy atom. The number of amides is 1. The molecule has 0 aliphatic carbocycles.